The molecule has 2 radical (unpaired) electrons. The minimum atomic E-state index is -4.42. The summed E-state index contributed by atoms with van der Waals surface area (Å²) in [7, 11) is -8.83. The molecule has 0 heterocycles. The second kappa shape index (κ2) is 6.21. The first-order valence-electron chi connectivity index (χ1n) is 1.47. The Balaban J connectivity index is -0.000000107. The van der Waals surface area contributed by atoms with Crippen LogP contribution in [-0.2, 0) is 20.6 Å². The van der Waals surface area contributed by atoms with Crippen molar-refractivity contribution in [1.29, 1.82) is 0 Å². The second-order valence-electron chi connectivity index (χ2n) is 0.986. The third-order valence-electron chi connectivity index (χ3n) is 0. The molecule has 0 saturated heterocycles. The maximum absolute atomic E-state index is 8.85. The molecule has 0 fully saturated rings. The summed E-state index contributed by atoms with van der Waals surface area (Å²) in [6.07, 6.45) is 0. The minimum Gasteiger partial charge on any atom is -0.736 e. The molecule has 0 unspecified atom stereocenters. The van der Waals surface area contributed by atoms with Gasteiger partial charge in [0.15, 0.2) is 20.6 Å². The van der Waals surface area contributed by atoms with Gasteiger partial charge in [0.2, 0.25) is 0 Å². The molecule has 0 spiro atoms. The summed E-state index contributed by atoms with van der Waals surface area (Å²) >= 11 is 0. The Morgan fingerprint density at radius 3 is 0.818 bits per heavy atom. The zero-order chi connectivity index (χ0) is 9.00. The number of nitrogens with two attached hydrogens (primary N) is 2. The van der Waals surface area contributed by atoms with Crippen LogP contribution in [0.25, 0.3) is 0 Å². The largest absolute Gasteiger partial charge is 2.00 e. The van der Waals surface area contributed by atoms with E-state index in [4.69, 9.17) is 25.9 Å². The standard InChI is InChI=1S/2H3NO3S.Pb/c2*1-5(2,3)4;/h2*(H3,1,2,3,4);/q;;+2/p-2. The Morgan fingerprint density at radius 2 is 0.818 bits per heavy atom. The zero-order valence-corrected chi connectivity index (χ0v) is 10.4. The molecule has 8 nitrogen and oxygen atoms in total. The van der Waals surface area contributed by atoms with E-state index in [9.17, 15) is 0 Å². The fraction of sp³-hybridized carbons (Fsp3) is 0. The average molecular weight is 399 g/mol. The van der Waals surface area contributed by atoms with Crippen LogP contribution in [0.4, 0.5) is 0 Å². The maximum atomic E-state index is 8.85. The van der Waals surface area contributed by atoms with Gasteiger partial charge in [0.1, 0.15) is 0 Å². The molecule has 0 amide bonds. The van der Waals surface area contributed by atoms with Gasteiger partial charge in [0, 0.05) is 0 Å². The molecule has 0 atom stereocenters. The van der Waals surface area contributed by atoms with E-state index < -0.39 is 20.6 Å². The van der Waals surface area contributed by atoms with E-state index in [1.807, 2.05) is 0 Å². The summed E-state index contributed by atoms with van der Waals surface area (Å²) in [5, 5.41) is 7.54. The van der Waals surface area contributed by atoms with E-state index in [0.29, 0.717) is 0 Å². The molecule has 11 heteroatoms. The predicted octanol–water partition coefficient (Wildman–Crippen LogP) is -3.57. The van der Waals surface area contributed by atoms with Crippen molar-refractivity contribution in [3.05, 3.63) is 0 Å². The number of hydrogen-bond donors (Lipinski definition) is 2. The molecule has 0 saturated carbocycles. The molecule has 0 rings (SSSR count). The second-order valence-corrected chi connectivity index (χ2v) is 2.96. The van der Waals surface area contributed by atoms with Crippen molar-refractivity contribution in [2.45, 2.75) is 0 Å². The first-order chi connectivity index (χ1) is 4.00. The van der Waals surface area contributed by atoms with E-state index in [2.05, 4.69) is 10.3 Å². The van der Waals surface area contributed by atoms with Crippen LogP contribution < -0.4 is 10.3 Å². The average Bonchev–Trinajstić information content (AvgIpc) is 1.12. The number of hydrogen-bond acceptors (Lipinski definition) is 6. The molecule has 0 aliphatic rings. The van der Waals surface area contributed by atoms with Crippen molar-refractivity contribution in [2.75, 3.05) is 0 Å². The Hall–Kier alpha value is 0.662. The van der Waals surface area contributed by atoms with Gasteiger partial charge in [-0.05, 0) is 0 Å². The van der Waals surface area contributed by atoms with Gasteiger partial charge in [-0.15, -0.1) is 0 Å². The molecule has 4 N–H and O–H groups in total. The molecule has 0 bridgehead atoms. The van der Waals surface area contributed by atoms with E-state index >= 15 is 0 Å². The quantitative estimate of drug-likeness (QED) is 0.316. The molecule has 0 aromatic rings. The van der Waals surface area contributed by atoms with Crippen LogP contribution in [0.1, 0.15) is 0 Å². The Labute approximate surface area is 83.9 Å². The first-order valence-corrected chi connectivity index (χ1v) is 4.41. The van der Waals surface area contributed by atoms with Crippen molar-refractivity contribution in [2.24, 2.45) is 10.3 Å². The van der Waals surface area contributed by atoms with Crippen LogP contribution in [0, 0.1) is 0 Å². The maximum Gasteiger partial charge on any atom is 2.00 e. The third-order valence-corrected chi connectivity index (χ3v) is 0. The number of rotatable bonds is 0. The summed E-state index contributed by atoms with van der Waals surface area (Å²) in [6, 6.07) is 0. The van der Waals surface area contributed by atoms with Crippen LogP contribution in [0.5, 0.6) is 0 Å². The van der Waals surface area contributed by atoms with Crippen LogP contribution in [0.15, 0.2) is 0 Å². The van der Waals surface area contributed by atoms with Gasteiger partial charge in [-0.1, -0.05) is 0 Å². The van der Waals surface area contributed by atoms with Crippen LogP contribution >= 0.6 is 0 Å². The predicted molar refractivity (Wildman–Crippen MR) is 33.5 cm³/mol. The fourth-order valence-corrected chi connectivity index (χ4v) is 0. The molecule has 0 aliphatic carbocycles. The van der Waals surface area contributed by atoms with Crippen molar-refractivity contribution in [1.82, 2.24) is 0 Å². The smallest absolute Gasteiger partial charge is 0.736 e. The molecule has 66 valence electrons. The van der Waals surface area contributed by atoms with E-state index in [1.54, 1.807) is 0 Å². The summed E-state index contributed by atoms with van der Waals surface area (Å²) < 4.78 is 53.1. The van der Waals surface area contributed by atoms with Crippen molar-refractivity contribution in [3.63, 3.8) is 0 Å². The topological polar surface area (TPSA) is 166 Å². The molecule has 11 heavy (non-hydrogen) atoms. The summed E-state index contributed by atoms with van der Waals surface area (Å²) in [5.41, 5.74) is 0. The van der Waals surface area contributed by atoms with Crippen LogP contribution in [-0.4, -0.2) is 53.2 Å². The van der Waals surface area contributed by atoms with Gasteiger partial charge in [0.05, 0.1) is 0 Å². The molecule has 0 aromatic carbocycles. The van der Waals surface area contributed by atoms with Crippen molar-refractivity contribution >= 4 is 47.9 Å². The van der Waals surface area contributed by atoms with Crippen molar-refractivity contribution < 1.29 is 25.9 Å². The Bertz CT molecular complexity index is 215. The van der Waals surface area contributed by atoms with Gasteiger partial charge < -0.3 is 9.11 Å². The Kier molecular flexibility index (Phi) is 9.97. The molecular weight excluding hydrogens is 395 g/mol. The fourth-order valence-electron chi connectivity index (χ4n) is 0. The zero-order valence-electron chi connectivity index (χ0n) is 4.92. The monoisotopic (exact) mass is 400 g/mol. The normalized spacial score (nSPS) is 10.5. The SMILES string of the molecule is NS(=O)(=O)[O-].NS(=O)(=O)[O-].[Pb+2]. The van der Waals surface area contributed by atoms with Gasteiger partial charge in [-0.3, -0.25) is 0 Å². The van der Waals surface area contributed by atoms with Gasteiger partial charge in [-0.25, -0.2) is 27.1 Å². The van der Waals surface area contributed by atoms with Gasteiger partial charge in [0.25, 0.3) is 0 Å². The Morgan fingerprint density at radius 1 is 0.818 bits per heavy atom. The van der Waals surface area contributed by atoms with Crippen molar-refractivity contribution in [3.8, 4) is 0 Å². The molecule has 0 aromatic heterocycles. The van der Waals surface area contributed by atoms with Gasteiger partial charge >= 0.3 is 27.3 Å². The molecular formula is H4N2O6PbS2. The third kappa shape index (κ3) is 1830. The van der Waals surface area contributed by atoms with Gasteiger partial charge in [-0.2, -0.15) is 0 Å². The van der Waals surface area contributed by atoms with E-state index in [0.717, 1.165) is 0 Å². The summed E-state index contributed by atoms with van der Waals surface area (Å²) in [5.74, 6) is 0. The van der Waals surface area contributed by atoms with E-state index in [1.165, 1.54) is 0 Å². The van der Waals surface area contributed by atoms with E-state index in [-0.39, 0.29) is 27.3 Å². The minimum absolute atomic E-state index is 0. The summed E-state index contributed by atoms with van der Waals surface area (Å²) in [4.78, 5) is 0. The summed E-state index contributed by atoms with van der Waals surface area (Å²) in [6.45, 7) is 0. The van der Waals surface area contributed by atoms with Crippen LogP contribution in [0.3, 0.4) is 0 Å². The molecule has 0 aliphatic heterocycles. The van der Waals surface area contributed by atoms with Crippen LogP contribution in [0.2, 0.25) is 0 Å². The first kappa shape index (κ1) is 17.7.